The molecule has 15 heavy (non-hydrogen) atoms. The van der Waals surface area contributed by atoms with E-state index in [-0.39, 0.29) is 12.6 Å². The maximum absolute atomic E-state index is 8.88. The zero-order chi connectivity index (χ0) is 10.8. The molecule has 2 aromatic rings. The van der Waals surface area contributed by atoms with Crippen molar-refractivity contribution in [2.75, 3.05) is 6.61 Å². The molecule has 3 nitrogen and oxygen atoms in total. The molecular formula is C12H16N2O. The zero-order valence-corrected chi connectivity index (χ0v) is 8.85. The Bertz CT molecular complexity index is 462. The summed E-state index contributed by atoms with van der Waals surface area (Å²) in [5, 5.41) is 10.1. The van der Waals surface area contributed by atoms with Crippen molar-refractivity contribution >= 4 is 10.9 Å². The molecule has 0 saturated carbocycles. The van der Waals surface area contributed by atoms with Gasteiger partial charge in [0.05, 0.1) is 6.61 Å². The minimum atomic E-state index is -0.161. The molecule has 1 heterocycles. The van der Waals surface area contributed by atoms with Crippen LogP contribution in [0.1, 0.15) is 5.56 Å². The zero-order valence-electron chi connectivity index (χ0n) is 8.85. The van der Waals surface area contributed by atoms with Crippen LogP contribution in [0, 0.1) is 0 Å². The second-order valence-corrected chi connectivity index (χ2v) is 3.97. The summed E-state index contributed by atoms with van der Waals surface area (Å²) in [6.45, 7) is 0.0346. The fourth-order valence-corrected chi connectivity index (χ4v) is 1.83. The van der Waals surface area contributed by atoms with E-state index >= 15 is 0 Å². The lowest BCUT2D eigenvalue weighted by Crippen LogP contribution is -2.26. The minimum absolute atomic E-state index is 0.0346. The van der Waals surface area contributed by atoms with E-state index < -0.39 is 0 Å². The third-order valence-electron chi connectivity index (χ3n) is 2.68. The van der Waals surface area contributed by atoms with Crippen LogP contribution >= 0.6 is 0 Å². The molecule has 3 heteroatoms. The van der Waals surface area contributed by atoms with Crippen molar-refractivity contribution in [1.29, 1.82) is 0 Å². The van der Waals surface area contributed by atoms with Gasteiger partial charge in [0.2, 0.25) is 0 Å². The van der Waals surface area contributed by atoms with Gasteiger partial charge in [-0.05, 0) is 35.6 Å². The molecule has 0 spiro atoms. The van der Waals surface area contributed by atoms with Gasteiger partial charge in [-0.15, -0.1) is 0 Å². The molecule has 1 aromatic heterocycles. The highest BCUT2D eigenvalue weighted by Gasteiger charge is 2.04. The van der Waals surface area contributed by atoms with E-state index in [2.05, 4.69) is 28.8 Å². The van der Waals surface area contributed by atoms with Crippen molar-refractivity contribution in [3.63, 3.8) is 0 Å². The molecule has 0 aliphatic rings. The SMILES string of the molecule is Cn1ccc2cc(CC(N)CO)ccc21. The number of aliphatic hydroxyl groups is 1. The quantitative estimate of drug-likeness (QED) is 0.785. The highest BCUT2D eigenvalue weighted by molar-refractivity contribution is 5.80. The maximum Gasteiger partial charge on any atom is 0.0585 e. The van der Waals surface area contributed by atoms with Crippen LogP contribution in [0.15, 0.2) is 30.5 Å². The lowest BCUT2D eigenvalue weighted by molar-refractivity contribution is 0.265. The molecule has 2 rings (SSSR count). The van der Waals surface area contributed by atoms with Gasteiger partial charge in [0.15, 0.2) is 0 Å². The van der Waals surface area contributed by atoms with E-state index in [1.165, 1.54) is 16.5 Å². The number of benzene rings is 1. The van der Waals surface area contributed by atoms with Gasteiger partial charge in [-0.25, -0.2) is 0 Å². The summed E-state index contributed by atoms with van der Waals surface area (Å²) in [6.07, 6.45) is 2.77. The Balaban J connectivity index is 2.31. The Labute approximate surface area is 89.1 Å². The summed E-state index contributed by atoms with van der Waals surface area (Å²) in [7, 11) is 2.03. The number of aromatic nitrogens is 1. The van der Waals surface area contributed by atoms with Crippen molar-refractivity contribution in [2.45, 2.75) is 12.5 Å². The Morgan fingerprint density at radius 3 is 2.93 bits per heavy atom. The standard InChI is InChI=1S/C12H16N2O/c1-14-5-4-10-6-9(2-3-12(10)14)7-11(13)8-15/h2-6,11,15H,7-8,13H2,1H3. The molecular weight excluding hydrogens is 188 g/mol. The first kappa shape index (κ1) is 10.2. The van der Waals surface area contributed by atoms with Crippen molar-refractivity contribution in [3.05, 3.63) is 36.0 Å². The summed E-state index contributed by atoms with van der Waals surface area (Å²) in [5.74, 6) is 0. The summed E-state index contributed by atoms with van der Waals surface area (Å²) in [4.78, 5) is 0. The number of aliphatic hydroxyl groups excluding tert-OH is 1. The smallest absolute Gasteiger partial charge is 0.0585 e. The lowest BCUT2D eigenvalue weighted by atomic mass is 10.1. The molecule has 1 atom stereocenters. The summed E-state index contributed by atoms with van der Waals surface area (Å²) in [6, 6.07) is 8.21. The van der Waals surface area contributed by atoms with E-state index in [0.29, 0.717) is 0 Å². The number of nitrogens with zero attached hydrogens (tertiary/aromatic N) is 1. The average Bonchev–Trinajstić information content (AvgIpc) is 2.60. The summed E-state index contributed by atoms with van der Waals surface area (Å²) >= 11 is 0. The molecule has 0 radical (unpaired) electrons. The Hall–Kier alpha value is -1.32. The molecule has 3 N–H and O–H groups in total. The van der Waals surface area contributed by atoms with Gasteiger partial charge in [-0.1, -0.05) is 6.07 Å². The maximum atomic E-state index is 8.88. The number of hydrogen-bond acceptors (Lipinski definition) is 2. The van der Waals surface area contributed by atoms with Crippen LogP contribution in [0.25, 0.3) is 10.9 Å². The fraction of sp³-hybridized carbons (Fsp3) is 0.333. The van der Waals surface area contributed by atoms with Gasteiger partial charge in [0.1, 0.15) is 0 Å². The molecule has 80 valence electrons. The predicted octanol–water partition coefficient (Wildman–Crippen LogP) is 1.04. The Kier molecular flexibility index (Phi) is 2.75. The fourth-order valence-electron chi connectivity index (χ4n) is 1.83. The average molecular weight is 204 g/mol. The topological polar surface area (TPSA) is 51.2 Å². The largest absolute Gasteiger partial charge is 0.395 e. The molecule has 1 unspecified atom stereocenters. The third-order valence-corrected chi connectivity index (χ3v) is 2.68. The van der Waals surface area contributed by atoms with E-state index in [4.69, 9.17) is 10.8 Å². The second kappa shape index (κ2) is 4.04. The van der Waals surface area contributed by atoms with Gasteiger partial charge >= 0.3 is 0 Å². The van der Waals surface area contributed by atoms with Crippen molar-refractivity contribution in [3.8, 4) is 0 Å². The van der Waals surface area contributed by atoms with Crippen LogP contribution in [0.5, 0.6) is 0 Å². The highest BCUT2D eigenvalue weighted by Crippen LogP contribution is 2.17. The van der Waals surface area contributed by atoms with Crippen molar-refractivity contribution < 1.29 is 5.11 Å². The monoisotopic (exact) mass is 204 g/mol. The first-order chi connectivity index (χ1) is 7.20. The van der Waals surface area contributed by atoms with E-state index in [0.717, 1.165) is 6.42 Å². The number of aryl methyl sites for hydroxylation is 1. The van der Waals surface area contributed by atoms with Crippen molar-refractivity contribution in [1.82, 2.24) is 4.57 Å². The van der Waals surface area contributed by atoms with Crippen LogP contribution < -0.4 is 5.73 Å². The second-order valence-electron chi connectivity index (χ2n) is 3.97. The molecule has 0 aliphatic carbocycles. The van der Waals surface area contributed by atoms with Crippen LogP contribution in [-0.4, -0.2) is 22.3 Å². The van der Waals surface area contributed by atoms with E-state index in [1.807, 2.05) is 13.2 Å². The molecule has 0 aliphatic heterocycles. The number of rotatable bonds is 3. The number of fused-ring (bicyclic) bond motifs is 1. The first-order valence-electron chi connectivity index (χ1n) is 5.11. The van der Waals surface area contributed by atoms with Crippen LogP contribution in [0.3, 0.4) is 0 Å². The summed E-state index contributed by atoms with van der Waals surface area (Å²) in [5.41, 5.74) is 8.09. The van der Waals surface area contributed by atoms with Crippen LogP contribution in [0.4, 0.5) is 0 Å². The molecule has 0 saturated heterocycles. The normalized spacial score (nSPS) is 13.3. The van der Waals surface area contributed by atoms with E-state index in [1.54, 1.807) is 0 Å². The van der Waals surface area contributed by atoms with E-state index in [9.17, 15) is 0 Å². The molecule has 0 amide bonds. The Morgan fingerprint density at radius 2 is 2.20 bits per heavy atom. The number of hydrogen-bond donors (Lipinski definition) is 2. The van der Waals surface area contributed by atoms with Crippen LogP contribution in [-0.2, 0) is 13.5 Å². The van der Waals surface area contributed by atoms with Gasteiger partial charge in [-0.3, -0.25) is 0 Å². The lowest BCUT2D eigenvalue weighted by Gasteiger charge is -2.08. The number of nitrogens with two attached hydrogens (primary N) is 1. The van der Waals surface area contributed by atoms with Crippen LogP contribution in [0.2, 0.25) is 0 Å². The third kappa shape index (κ3) is 2.03. The molecule has 0 bridgehead atoms. The predicted molar refractivity (Wildman–Crippen MR) is 61.7 cm³/mol. The first-order valence-corrected chi connectivity index (χ1v) is 5.11. The minimum Gasteiger partial charge on any atom is -0.395 e. The van der Waals surface area contributed by atoms with Gasteiger partial charge in [0.25, 0.3) is 0 Å². The van der Waals surface area contributed by atoms with Gasteiger partial charge in [0, 0.05) is 24.8 Å². The Morgan fingerprint density at radius 1 is 1.40 bits per heavy atom. The van der Waals surface area contributed by atoms with Gasteiger partial charge in [-0.2, -0.15) is 0 Å². The van der Waals surface area contributed by atoms with Gasteiger partial charge < -0.3 is 15.4 Å². The highest BCUT2D eigenvalue weighted by atomic mass is 16.3. The van der Waals surface area contributed by atoms with Crippen molar-refractivity contribution in [2.24, 2.45) is 12.8 Å². The molecule has 0 fully saturated rings. The molecule has 1 aromatic carbocycles. The summed E-state index contributed by atoms with van der Waals surface area (Å²) < 4.78 is 2.09.